The van der Waals surface area contributed by atoms with Crippen LogP contribution in [0.25, 0.3) is 16.9 Å². The standard InChI is InChI=1S/C18H21N5O2/c1-12-9-16(25-2)20-10-14(12)15-11-21-18-17(19-5-8-23(15)18)22-6-3-13(24)4-7-22/h5,8-11,13,24H,3-4,6-7H2,1-2H3. The zero-order valence-corrected chi connectivity index (χ0v) is 14.4. The number of aromatic nitrogens is 4. The van der Waals surface area contributed by atoms with Crippen LogP contribution in [0.4, 0.5) is 5.82 Å². The summed E-state index contributed by atoms with van der Waals surface area (Å²) >= 11 is 0. The molecule has 7 nitrogen and oxygen atoms in total. The summed E-state index contributed by atoms with van der Waals surface area (Å²) in [6.45, 7) is 3.62. The van der Waals surface area contributed by atoms with Gasteiger partial charge < -0.3 is 14.7 Å². The van der Waals surface area contributed by atoms with Crippen LogP contribution < -0.4 is 9.64 Å². The molecule has 4 heterocycles. The zero-order valence-electron chi connectivity index (χ0n) is 14.4. The van der Waals surface area contributed by atoms with E-state index in [0.717, 1.165) is 54.2 Å². The fourth-order valence-corrected chi connectivity index (χ4v) is 3.32. The second-order valence-electron chi connectivity index (χ2n) is 6.35. The van der Waals surface area contributed by atoms with Crippen molar-refractivity contribution < 1.29 is 9.84 Å². The Morgan fingerprint density at radius 1 is 1.16 bits per heavy atom. The molecule has 0 aliphatic carbocycles. The minimum Gasteiger partial charge on any atom is -0.481 e. The Hall–Kier alpha value is -2.67. The Kier molecular flexibility index (Phi) is 4.01. The number of aryl methyl sites for hydroxylation is 1. The van der Waals surface area contributed by atoms with E-state index in [2.05, 4.69) is 19.9 Å². The van der Waals surface area contributed by atoms with E-state index in [0.29, 0.717) is 5.88 Å². The highest BCUT2D eigenvalue weighted by Gasteiger charge is 2.21. The van der Waals surface area contributed by atoms with E-state index in [4.69, 9.17) is 4.74 Å². The van der Waals surface area contributed by atoms with Crippen LogP contribution in [0.3, 0.4) is 0 Å². The third kappa shape index (κ3) is 2.80. The number of aliphatic hydroxyl groups is 1. The lowest BCUT2D eigenvalue weighted by Crippen LogP contribution is -2.36. The topological polar surface area (TPSA) is 75.8 Å². The number of aliphatic hydroxyl groups excluding tert-OH is 1. The summed E-state index contributed by atoms with van der Waals surface area (Å²) in [7, 11) is 1.61. The van der Waals surface area contributed by atoms with Gasteiger partial charge in [-0.25, -0.2) is 15.0 Å². The van der Waals surface area contributed by atoms with E-state index >= 15 is 0 Å². The zero-order chi connectivity index (χ0) is 17.4. The van der Waals surface area contributed by atoms with Crippen LogP contribution in [0.15, 0.2) is 30.9 Å². The number of pyridine rings is 1. The Morgan fingerprint density at radius 3 is 2.68 bits per heavy atom. The molecular formula is C18H21N5O2. The highest BCUT2D eigenvalue weighted by atomic mass is 16.5. The van der Waals surface area contributed by atoms with Crippen LogP contribution in [-0.4, -0.2) is 50.8 Å². The first-order chi connectivity index (χ1) is 12.2. The molecule has 3 aromatic heterocycles. The van der Waals surface area contributed by atoms with Crippen molar-refractivity contribution in [1.82, 2.24) is 19.4 Å². The number of rotatable bonds is 3. The van der Waals surface area contributed by atoms with Crippen molar-refractivity contribution in [3.63, 3.8) is 0 Å². The van der Waals surface area contributed by atoms with E-state index in [1.165, 1.54) is 0 Å². The lowest BCUT2D eigenvalue weighted by atomic mass is 10.1. The van der Waals surface area contributed by atoms with Gasteiger partial charge in [0.15, 0.2) is 11.5 Å². The van der Waals surface area contributed by atoms with Crippen LogP contribution in [0.5, 0.6) is 5.88 Å². The molecule has 0 unspecified atom stereocenters. The molecule has 1 N–H and O–H groups in total. The van der Waals surface area contributed by atoms with Gasteiger partial charge in [0, 0.05) is 43.3 Å². The number of fused-ring (bicyclic) bond motifs is 1. The van der Waals surface area contributed by atoms with Gasteiger partial charge in [-0.05, 0) is 25.3 Å². The number of imidazole rings is 1. The maximum atomic E-state index is 9.73. The molecule has 0 saturated carbocycles. The summed E-state index contributed by atoms with van der Waals surface area (Å²) in [6, 6.07) is 1.92. The second-order valence-corrected chi connectivity index (χ2v) is 6.35. The second kappa shape index (κ2) is 6.33. The van der Waals surface area contributed by atoms with Gasteiger partial charge in [-0.1, -0.05) is 0 Å². The summed E-state index contributed by atoms with van der Waals surface area (Å²) < 4.78 is 7.24. The van der Waals surface area contributed by atoms with Crippen molar-refractivity contribution in [3.05, 3.63) is 36.4 Å². The highest BCUT2D eigenvalue weighted by Crippen LogP contribution is 2.29. The quantitative estimate of drug-likeness (QED) is 0.787. The monoisotopic (exact) mass is 339 g/mol. The molecule has 1 fully saturated rings. The fraction of sp³-hybridized carbons (Fsp3) is 0.389. The average Bonchev–Trinajstić information content (AvgIpc) is 3.06. The molecule has 7 heteroatoms. The van der Waals surface area contributed by atoms with Gasteiger partial charge in [0.25, 0.3) is 0 Å². The molecule has 0 bridgehead atoms. The summed E-state index contributed by atoms with van der Waals surface area (Å²) in [5, 5.41) is 9.73. The maximum Gasteiger partial charge on any atom is 0.213 e. The van der Waals surface area contributed by atoms with Crippen LogP contribution in [0.1, 0.15) is 18.4 Å². The number of methoxy groups -OCH3 is 1. The van der Waals surface area contributed by atoms with Crippen LogP contribution in [0, 0.1) is 6.92 Å². The van der Waals surface area contributed by atoms with Crippen molar-refractivity contribution in [2.75, 3.05) is 25.1 Å². The largest absolute Gasteiger partial charge is 0.481 e. The number of nitrogens with zero attached hydrogens (tertiary/aromatic N) is 5. The number of piperidine rings is 1. The summed E-state index contributed by atoms with van der Waals surface area (Å²) in [5.41, 5.74) is 3.89. The summed E-state index contributed by atoms with van der Waals surface area (Å²) in [5.74, 6) is 1.46. The van der Waals surface area contributed by atoms with Gasteiger partial charge in [-0.2, -0.15) is 0 Å². The normalized spacial score (nSPS) is 15.7. The first-order valence-electron chi connectivity index (χ1n) is 8.43. The van der Waals surface area contributed by atoms with Crippen molar-refractivity contribution in [2.45, 2.75) is 25.9 Å². The molecule has 4 rings (SSSR count). The van der Waals surface area contributed by atoms with Crippen molar-refractivity contribution in [2.24, 2.45) is 0 Å². The van der Waals surface area contributed by atoms with Crippen LogP contribution in [0.2, 0.25) is 0 Å². The number of hydrogen-bond donors (Lipinski definition) is 1. The molecule has 1 saturated heterocycles. The summed E-state index contributed by atoms with van der Waals surface area (Å²) in [4.78, 5) is 15.7. The molecule has 130 valence electrons. The summed E-state index contributed by atoms with van der Waals surface area (Å²) in [6.07, 6.45) is 8.70. The number of anilines is 1. The Labute approximate surface area is 145 Å². The Morgan fingerprint density at radius 2 is 1.96 bits per heavy atom. The van der Waals surface area contributed by atoms with Gasteiger partial charge in [-0.3, -0.25) is 4.40 Å². The molecule has 25 heavy (non-hydrogen) atoms. The molecule has 0 aromatic carbocycles. The average molecular weight is 339 g/mol. The third-order valence-corrected chi connectivity index (χ3v) is 4.74. The Balaban J connectivity index is 1.77. The van der Waals surface area contributed by atoms with Gasteiger partial charge in [0.2, 0.25) is 5.88 Å². The number of hydrogen-bond acceptors (Lipinski definition) is 6. The minimum atomic E-state index is -0.209. The minimum absolute atomic E-state index is 0.209. The highest BCUT2D eigenvalue weighted by molar-refractivity contribution is 5.72. The molecule has 0 spiro atoms. The molecule has 0 amide bonds. The predicted molar refractivity (Wildman–Crippen MR) is 95.0 cm³/mol. The maximum absolute atomic E-state index is 9.73. The molecule has 1 aliphatic rings. The van der Waals surface area contributed by atoms with E-state index in [-0.39, 0.29) is 6.10 Å². The van der Waals surface area contributed by atoms with Gasteiger partial charge in [0.1, 0.15) is 0 Å². The number of ether oxygens (including phenoxy) is 1. The fourth-order valence-electron chi connectivity index (χ4n) is 3.32. The molecule has 3 aromatic rings. The Bertz CT molecular complexity index is 900. The predicted octanol–water partition coefficient (Wildman–Crippen LogP) is 2.07. The van der Waals surface area contributed by atoms with Gasteiger partial charge >= 0.3 is 0 Å². The van der Waals surface area contributed by atoms with Crippen LogP contribution >= 0.6 is 0 Å². The van der Waals surface area contributed by atoms with E-state index in [1.54, 1.807) is 13.3 Å². The molecule has 0 radical (unpaired) electrons. The van der Waals surface area contributed by atoms with E-state index < -0.39 is 0 Å². The SMILES string of the molecule is COc1cc(C)c(-c2cnc3c(N4CCC(O)CC4)nccn23)cn1. The van der Waals surface area contributed by atoms with Gasteiger partial charge in [0.05, 0.1) is 25.1 Å². The lowest BCUT2D eigenvalue weighted by Gasteiger charge is -2.30. The van der Waals surface area contributed by atoms with Crippen molar-refractivity contribution in [3.8, 4) is 17.1 Å². The first-order valence-corrected chi connectivity index (χ1v) is 8.43. The van der Waals surface area contributed by atoms with E-state index in [9.17, 15) is 5.11 Å². The smallest absolute Gasteiger partial charge is 0.213 e. The molecule has 1 aliphatic heterocycles. The lowest BCUT2D eigenvalue weighted by molar-refractivity contribution is 0.145. The van der Waals surface area contributed by atoms with Crippen molar-refractivity contribution >= 4 is 11.5 Å². The molecular weight excluding hydrogens is 318 g/mol. The first kappa shape index (κ1) is 15.8. The third-order valence-electron chi connectivity index (χ3n) is 4.74. The van der Waals surface area contributed by atoms with Gasteiger partial charge in [-0.15, -0.1) is 0 Å². The van der Waals surface area contributed by atoms with Crippen LogP contribution in [-0.2, 0) is 0 Å². The molecule has 0 atom stereocenters. The van der Waals surface area contributed by atoms with E-state index in [1.807, 2.05) is 36.0 Å². The van der Waals surface area contributed by atoms with Crippen molar-refractivity contribution in [1.29, 1.82) is 0 Å².